The Kier molecular flexibility index (Phi) is 5.23. The van der Waals surface area contributed by atoms with Crippen molar-refractivity contribution in [1.82, 2.24) is 14.8 Å². The van der Waals surface area contributed by atoms with Crippen molar-refractivity contribution in [2.24, 2.45) is 5.92 Å². The van der Waals surface area contributed by atoms with Crippen LogP contribution in [-0.4, -0.2) is 27.8 Å². The molecule has 2 heterocycles. The molecule has 0 spiro atoms. The van der Waals surface area contributed by atoms with Crippen LogP contribution in [0.5, 0.6) is 0 Å². The maximum Gasteiger partial charge on any atom is 0.356 e. The lowest BCUT2D eigenvalue weighted by Gasteiger charge is -2.05. The van der Waals surface area contributed by atoms with Crippen LogP contribution in [0.4, 0.5) is 4.39 Å². The van der Waals surface area contributed by atoms with E-state index in [2.05, 4.69) is 23.9 Å². The minimum absolute atomic E-state index is 0.0870. The lowest BCUT2D eigenvalue weighted by molar-refractivity contribution is 0.0594. The molecule has 2 aromatic heterocycles. The van der Waals surface area contributed by atoms with Crippen LogP contribution in [0.3, 0.4) is 0 Å². The van der Waals surface area contributed by atoms with Crippen molar-refractivity contribution in [2.75, 3.05) is 7.11 Å². The van der Waals surface area contributed by atoms with Crippen molar-refractivity contribution in [3.63, 3.8) is 0 Å². The van der Waals surface area contributed by atoms with E-state index in [1.165, 1.54) is 19.2 Å². The van der Waals surface area contributed by atoms with Crippen molar-refractivity contribution >= 4 is 28.6 Å². The fraction of sp³-hybridized carbons (Fsp3) is 0.316. The van der Waals surface area contributed by atoms with Crippen molar-refractivity contribution in [3.05, 3.63) is 58.1 Å². The standard InChI is InChI=1S/C19H19ClFN3O2/c1-11(2)8-16-18-17(7-6-15(22-18)19(25)26-3)24(23-16)10-12-4-5-13(20)14(21)9-12/h4-7,9,11H,8,10H2,1-3H3. The molecule has 5 nitrogen and oxygen atoms in total. The van der Waals surface area contributed by atoms with Crippen LogP contribution in [0, 0.1) is 11.7 Å². The molecule has 1 aromatic carbocycles. The highest BCUT2D eigenvalue weighted by atomic mass is 35.5. The summed E-state index contributed by atoms with van der Waals surface area (Å²) in [5.74, 6) is -0.581. The van der Waals surface area contributed by atoms with Crippen molar-refractivity contribution in [2.45, 2.75) is 26.8 Å². The van der Waals surface area contributed by atoms with Gasteiger partial charge in [-0.2, -0.15) is 5.10 Å². The number of ether oxygens (including phenoxy) is 1. The van der Waals surface area contributed by atoms with E-state index in [-0.39, 0.29) is 10.7 Å². The van der Waals surface area contributed by atoms with E-state index in [1.807, 2.05) is 0 Å². The van der Waals surface area contributed by atoms with Gasteiger partial charge in [0.05, 0.1) is 29.9 Å². The number of aromatic nitrogens is 3. The molecule has 0 bridgehead atoms. The van der Waals surface area contributed by atoms with Crippen LogP contribution < -0.4 is 0 Å². The lowest BCUT2D eigenvalue weighted by Crippen LogP contribution is -2.05. The molecule has 0 aliphatic carbocycles. The van der Waals surface area contributed by atoms with Gasteiger partial charge in [0.25, 0.3) is 0 Å². The molecule has 0 N–H and O–H groups in total. The highest BCUT2D eigenvalue weighted by Crippen LogP contribution is 2.22. The molecule has 0 aliphatic heterocycles. The molecule has 0 aliphatic rings. The third-order valence-corrected chi connectivity index (χ3v) is 4.29. The number of methoxy groups -OCH3 is 1. The van der Waals surface area contributed by atoms with Gasteiger partial charge in [-0.05, 0) is 42.2 Å². The highest BCUT2D eigenvalue weighted by Gasteiger charge is 2.17. The van der Waals surface area contributed by atoms with E-state index in [0.29, 0.717) is 18.0 Å². The first kappa shape index (κ1) is 18.3. The first-order valence-corrected chi connectivity index (χ1v) is 8.65. The number of fused-ring (bicyclic) bond motifs is 1. The largest absolute Gasteiger partial charge is 0.464 e. The molecule has 26 heavy (non-hydrogen) atoms. The van der Waals surface area contributed by atoms with Gasteiger partial charge in [0, 0.05) is 0 Å². The predicted octanol–water partition coefficient (Wildman–Crippen LogP) is 4.26. The van der Waals surface area contributed by atoms with E-state index in [4.69, 9.17) is 16.3 Å². The molecule has 136 valence electrons. The molecular formula is C19H19ClFN3O2. The zero-order valence-electron chi connectivity index (χ0n) is 14.8. The van der Waals surface area contributed by atoms with Crippen LogP contribution in [0.1, 0.15) is 35.6 Å². The second-order valence-electron chi connectivity index (χ2n) is 6.51. The number of nitrogens with zero attached hydrogens (tertiary/aromatic N) is 3. The van der Waals surface area contributed by atoms with Gasteiger partial charge in [-0.3, -0.25) is 4.68 Å². The summed E-state index contributed by atoms with van der Waals surface area (Å²) in [5.41, 5.74) is 3.22. The summed E-state index contributed by atoms with van der Waals surface area (Å²) < 4.78 is 20.2. The number of pyridine rings is 1. The van der Waals surface area contributed by atoms with E-state index in [0.717, 1.165) is 23.2 Å². The van der Waals surface area contributed by atoms with Gasteiger partial charge in [-0.1, -0.05) is 31.5 Å². The minimum Gasteiger partial charge on any atom is -0.464 e. The first-order valence-electron chi connectivity index (χ1n) is 8.27. The molecule has 0 saturated carbocycles. The molecule has 0 radical (unpaired) electrons. The van der Waals surface area contributed by atoms with Gasteiger partial charge >= 0.3 is 5.97 Å². The van der Waals surface area contributed by atoms with E-state index < -0.39 is 11.8 Å². The maximum atomic E-state index is 13.7. The summed E-state index contributed by atoms with van der Waals surface area (Å²) in [4.78, 5) is 16.2. The third kappa shape index (κ3) is 3.70. The number of halogens is 2. The van der Waals surface area contributed by atoms with Crippen LogP contribution in [0.25, 0.3) is 11.0 Å². The van der Waals surface area contributed by atoms with Crippen LogP contribution in [-0.2, 0) is 17.7 Å². The molecule has 3 rings (SSSR count). The minimum atomic E-state index is -0.491. The number of benzene rings is 1. The van der Waals surface area contributed by atoms with Crippen molar-refractivity contribution < 1.29 is 13.9 Å². The number of carbonyl (C=O) groups excluding carboxylic acids is 1. The molecule has 0 saturated heterocycles. The van der Waals surface area contributed by atoms with Gasteiger partial charge in [0.1, 0.15) is 17.0 Å². The molecule has 0 unspecified atom stereocenters. The average Bonchev–Trinajstić information content (AvgIpc) is 2.93. The monoisotopic (exact) mass is 375 g/mol. The van der Waals surface area contributed by atoms with Gasteiger partial charge in [0.2, 0.25) is 0 Å². The smallest absolute Gasteiger partial charge is 0.356 e. The van der Waals surface area contributed by atoms with Gasteiger partial charge in [-0.15, -0.1) is 0 Å². The Hall–Kier alpha value is -2.47. The second-order valence-corrected chi connectivity index (χ2v) is 6.91. The van der Waals surface area contributed by atoms with Crippen LogP contribution >= 0.6 is 11.6 Å². The number of rotatable bonds is 5. The lowest BCUT2D eigenvalue weighted by atomic mass is 10.1. The Bertz CT molecular complexity index is 969. The van der Waals surface area contributed by atoms with E-state index in [9.17, 15) is 9.18 Å². The van der Waals surface area contributed by atoms with Gasteiger partial charge in [-0.25, -0.2) is 14.2 Å². The summed E-state index contributed by atoms with van der Waals surface area (Å²) in [6.45, 7) is 4.55. The zero-order chi connectivity index (χ0) is 18.8. The summed E-state index contributed by atoms with van der Waals surface area (Å²) in [6, 6.07) is 8.08. The third-order valence-electron chi connectivity index (χ3n) is 3.98. The van der Waals surface area contributed by atoms with Gasteiger partial charge < -0.3 is 4.74 Å². The summed E-state index contributed by atoms with van der Waals surface area (Å²) in [6.07, 6.45) is 0.718. The molecule has 7 heteroatoms. The Balaban J connectivity index is 2.06. The highest BCUT2D eigenvalue weighted by molar-refractivity contribution is 6.30. The van der Waals surface area contributed by atoms with Crippen LogP contribution in [0.2, 0.25) is 5.02 Å². The Labute approximate surface area is 155 Å². The van der Waals surface area contributed by atoms with Gasteiger partial charge in [0.15, 0.2) is 0 Å². The molecule has 0 atom stereocenters. The predicted molar refractivity (Wildman–Crippen MR) is 97.9 cm³/mol. The van der Waals surface area contributed by atoms with E-state index in [1.54, 1.807) is 22.9 Å². The quantitative estimate of drug-likeness (QED) is 0.625. The summed E-state index contributed by atoms with van der Waals surface area (Å²) >= 11 is 5.75. The number of hydrogen-bond donors (Lipinski definition) is 0. The zero-order valence-corrected chi connectivity index (χ0v) is 15.5. The molecule has 0 amide bonds. The second kappa shape index (κ2) is 7.41. The number of esters is 1. The topological polar surface area (TPSA) is 57.0 Å². The Morgan fingerprint density at radius 3 is 2.73 bits per heavy atom. The Morgan fingerprint density at radius 1 is 1.31 bits per heavy atom. The number of carbonyl (C=O) groups is 1. The number of hydrogen-bond acceptors (Lipinski definition) is 4. The molecule has 0 fully saturated rings. The van der Waals surface area contributed by atoms with Crippen LogP contribution in [0.15, 0.2) is 30.3 Å². The Morgan fingerprint density at radius 2 is 2.08 bits per heavy atom. The van der Waals surface area contributed by atoms with Crippen molar-refractivity contribution in [1.29, 1.82) is 0 Å². The molecule has 3 aromatic rings. The average molecular weight is 376 g/mol. The van der Waals surface area contributed by atoms with Crippen molar-refractivity contribution in [3.8, 4) is 0 Å². The SMILES string of the molecule is COC(=O)c1ccc2c(n1)c(CC(C)C)nn2Cc1ccc(Cl)c(F)c1. The van der Waals surface area contributed by atoms with E-state index >= 15 is 0 Å². The fourth-order valence-corrected chi connectivity index (χ4v) is 2.91. The normalized spacial score (nSPS) is 11.3. The molecular weight excluding hydrogens is 357 g/mol. The fourth-order valence-electron chi connectivity index (χ4n) is 2.79. The summed E-state index contributed by atoms with van der Waals surface area (Å²) in [7, 11) is 1.32. The maximum absolute atomic E-state index is 13.7. The summed E-state index contributed by atoms with van der Waals surface area (Å²) in [5, 5.41) is 4.74. The first-order chi connectivity index (χ1) is 12.4.